The molecule has 0 unspecified atom stereocenters. The maximum atomic E-state index is 4.16. The van der Waals surface area contributed by atoms with E-state index in [1.807, 2.05) is 0 Å². The van der Waals surface area contributed by atoms with Crippen molar-refractivity contribution in [2.45, 2.75) is 34.1 Å². The van der Waals surface area contributed by atoms with Gasteiger partial charge in [-0.3, -0.25) is 0 Å². The van der Waals surface area contributed by atoms with E-state index < -0.39 is 0 Å². The van der Waals surface area contributed by atoms with Gasteiger partial charge in [-0.15, -0.1) is 0 Å². The van der Waals surface area contributed by atoms with Crippen LogP contribution in [0.2, 0.25) is 0 Å². The van der Waals surface area contributed by atoms with Crippen molar-refractivity contribution in [2.75, 3.05) is 13.5 Å². The molecule has 0 aromatic carbocycles. The molecule has 0 heterocycles. The van der Waals surface area contributed by atoms with Crippen molar-refractivity contribution in [3.05, 3.63) is 12.3 Å². The maximum Gasteiger partial charge on any atom is 0.126 e. The number of allylic oxidation sites excluding steroid dienone is 1. The molecule has 0 aromatic heterocycles. The largest absolute Gasteiger partial charge is 0.387 e. The second-order valence-electron chi connectivity index (χ2n) is 4.94. The topological polar surface area (TPSA) is 3.24 Å². The van der Waals surface area contributed by atoms with Crippen LogP contribution < -0.4 is 0 Å². The highest BCUT2D eigenvalue weighted by Gasteiger charge is 2.19. The lowest BCUT2D eigenvalue weighted by Gasteiger charge is -2.29. The summed E-state index contributed by atoms with van der Waals surface area (Å²) in [6.07, 6.45) is 2.20. The van der Waals surface area contributed by atoms with Crippen LogP contribution in [0.4, 0.5) is 0 Å². The Balaban J connectivity index is 4.24. The fourth-order valence-electron chi connectivity index (χ4n) is 1.89. The van der Waals surface area contributed by atoms with Gasteiger partial charge in [0.25, 0.3) is 0 Å². The van der Waals surface area contributed by atoms with Gasteiger partial charge in [0.05, 0.1) is 0 Å². The van der Waals surface area contributed by atoms with Crippen LogP contribution in [-0.2, 0) is 0 Å². The van der Waals surface area contributed by atoms with Crippen LogP contribution in [0.3, 0.4) is 0 Å². The highest BCUT2D eigenvalue weighted by molar-refractivity contribution is 6.08. The molecule has 14 heavy (non-hydrogen) atoms. The second kappa shape index (κ2) is 6.16. The van der Waals surface area contributed by atoms with Gasteiger partial charge in [0.15, 0.2) is 0 Å². The zero-order valence-corrected chi connectivity index (χ0v) is 10.8. The summed E-state index contributed by atoms with van der Waals surface area (Å²) in [6, 6.07) is 0. The van der Waals surface area contributed by atoms with Crippen LogP contribution in [0.5, 0.6) is 0 Å². The van der Waals surface area contributed by atoms with Crippen LogP contribution in [0.25, 0.3) is 0 Å². The molecule has 0 rings (SSSR count). The Bertz CT molecular complexity index is 167. The number of nitrogens with zero attached hydrogens (tertiary/aromatic N) is 1. The SMILES string of the molecule is BCN(C)C(=C)CC(C(C)C)C(C)C. The van der Waals surface area contributed by atoms with Crippen LogP contribution >= 0.6 is 0 Å². The Labute approximate surface area is 91.0 Å². The predicted octanol–water partition coefficient (Wildman–Crippen LogP) is 2.34. The molecule has 0 aliphatic carbocycles. The number of hydrogen-bond acceptors (Lipinski definition) is 1. The van der Waals surface area contributed by atoms with Crippen molar-refractivity contribution in [3.8, 4) is 0 Å². The minimum Gasteiger partial charge on any atom is -0.387 e. The van der Waals surface area contributed by atoms with Gasteiger partial charge in [-0.25, -0.2) is 0 Å². The first-order valence-electron chi connectivity index (χ1n) is 5.79. The first-order chi connectivity index (χ1) is 6.40. The molecule has 0 atom stereocenters. The molecule has 0 saturated heterocycles. The summed E-state index contributed by atoms with van der Waals surface area (Å²) in [7, 11) is 4.30. The first kappa shape index (κ1) is 13.6. The Morgan fingerprint density at radius 3 is 1.93 bits per heavy atom. The monoisotopic (exact) mass is 195 g/mol. The van der Waals surface area contributed by atoms with Gasteiger partial charge < -0.3 is 4.90 Å². The van der Waals surface area contributed by atoms with Gasteiger partial charge in [-0.1, -0.05) is 34.3 Å². The maximum absolute atomic E-state index is 4.16. The minimum absolute atomic E-state index is 0.747. The summed E-state index contributed by atoms with van der Waals surface area (Å²) in [6.45, 7) is 13.4. The summed E-state index contributed by atoms with van der Waals surface area (Å²) >= 11 is 0. The van der Waals surface area contributed by atoms with Crippen molar-refractivity contribution in [2.24, 2.45) is 17.8 Å². The summed E-state index contributed by atoms with van der Waals surface area (Å²) in [5.41, 5.74) is 1.28. The molecule has 0 spiro atoms. The standard InChI is InChI=1S/C12H26BN/c1-9(2)12(10(3)4)7-11(5)14(6)8-13/h9-10,12H,5,7-8,13H2,1-4,6H3. The number of rotatable bonds is 6. The summed E-state index contributed by atoms with van der Waals surface area (Å²) < 4.78 is 0. The third-order valence-electron chi connectivity index (χ3n) is 3.20. The number of hydrogen-bond donors (Lipinski definition) is 0. The third-order valence-corrected chi connectivity index (χ3v) is 3.20. The Hall–Kier alpha value is -0.395. The lowest BCUT2D eigenvalue weighted by molar-refractivity contribution is 0.265. The van der Waals surface area contributed by atoms with Gasteiger partial charge in [0.2, 0.25) is 0 Å². The van der Waals surface area contributed by atoms with Crippen LogP contribution in [0.15, 0.2) is 12.3 Å². The van der Waals surface area contributed by atoms with E-state index in [4.69, 9.17) is 0 Å². The zero-order valence-electron chi connectivity index (χ0n) is 10.8. The summed E-state index contributed by atoms with van der Waals surface area (Å²) in [4.78, 5) is 2.25. The Kier molecular flexibility index (Phi) is 5.98. The molecule has 2 heteroatoms. The first-order valence-corrected chi connectivity index (χ1v) is 5.79. The summed E-state index contributed by atoms with van der Waals surface area (Å²) in [5, 5.41) is 0. The minimum atomic E-state index is 0.747. The average Bonchev–Trinajstić information content (AvgIpc) is 2.11. The normalized spacial score (nSPS) is 11.4. The van der Waals surface area contributed by atoms with E-state index in [0.717, 1.165) is 30.6 Å². The Morgan fingerprint density at radius 1 is 1.21 bits per heavy atom. The quantitative estimate of drug-likeness (QED) is 0.588. The molecule has 0 aromatic rings. The van der Waals surface area contributed by atoms with E-state index in [0.29, 0.717) is 0 Å². The molecule has 1 nitrogen and oxygen atoms in total. The van der Waals surface area contributed by atoms with Crippen molar-refractivity contribution in [1.29, 1.82) is 0 Å². The molecule has 0 saturated carbocycles. The molecule has 0 bridgehead atoms. The molecule has 82 valence electrons. The molecule has 0 radical (unpaired) electrons. The lowest BCUT2D eigenvalue weighted by atomic mass is 9.82. The van der Waals surface area contributed by atoms with Crippen molar-refractivity contribution < 1.29 is 0 Å². The zero-order chi connectivity index (χ0) is 11.3. The van der Waals surface area contributed by atoms with Crippen LogP contribution in [0, 0.1) is 17.8 Å². The highest BCUT2D eigenvalue weighted by Crippen LogP contribution is 2.27. The summed E-state index contributed by atoms with van der Waals surface area (Å²) in [5.74, 6) is 2.26. The third kappa shape index (κ3) is 4.21. The van der Waals surface area contributed by atoms with E-state index in [1.54, 1.807) is 0 Å². The fraction of sp³-hybridized carbons (Fsp3) is 0.833. The van der Waals surface area contributed by atoms with Crippen molar-refractivity contribution >= 4 is 7.85 Å². The second-order valence-corrected chi connectivity index (χ2v) is 4.94. The molecule has 0 aliphatic rings. The highest BCUT2D eigenvalue weighted by atomic mass is 15.1. The molecule has 0 fully saturated rings. The smallest absolute Gasteiger partial charge is 0.126 e. The Morgan fingerprint density at radius 2 is 1.64 bits per heavy atom. The van der Waals surface area contributed by atoms with Crippen molar-refractivity contribution in [1.82, 2.24) is 4.90 Å². The van der Waals surface area contributed by atoms with Crippen LogP contribution in [0.1, 0.15) is 34.1 Å². The van der Waals surface area contributed by atoms with Gasteiger partial charge in [-0.05, 0) is 30.6 Å². The molecule has 0 amide bonds. The molecule has 0 aliphatic heterocycles. The van der Waals surface area contributed by atoms with Gasteiger partial charge in [0, 0.05) is 12.7 Å². The van der Waals surface area contributed by atoms with E-state index in [2.05, 4.69) is 54.1 Å². The average molecular weight is 195 g/mol. The molecule has 0 N–H and O–H groups in total. The van der Waals surface area contributed by atoms with E-state index in [9.17, 15) is 0 Å². The van der Waals surface area contributed by atoms with Gasteiger partial charge >= 0.3 is 0 Å². The predicted molar refractivity (Wildman–Crippen MR) is 68.1 cm³/mol. The van der Waals surface area contributed by atoms with E-state index in [-0.39, 0.29) is 0 Å². The molecular formula is C12H26BN. The van der Waals surface area contributed by atoms with Crippen molar-refractivity contribution in [3.63, 3.8) is 0 Å². The van der Waals surface area contributed by atoms with Gasteiger partial charge in [0.1, 0.15) is 7.85 Å². The van der Waals surface area contributed by atoms with E-state index in [1.165, 1.54) is 5.70 Å². The van der Waals surface area contributed by atoms with Crippen LogP contribution in [-0.4, -0.2) is 26.2 Å². The fourth-order valence-corrected chi connectivity index (χ4v) is 1.89. The molecular weight excluding hydrogens is 169 g/mol. The van der Waals surface area contributed by atoms with E-state index >= 15 is 0 Å². The lowest BCUT2D eigenvalue weighted by Crippen LogP contribution is -2.24. The van der Waals surface area contributed by atoms with Gasteiger partial charge in [-0.2, -0.15) is 0 Å².